The van der Waals surface area contributed by atoms with Crippen LogP contribution in [0.25, 0.3) is 0 Å². The van der Waals surface area contributed by atoms with Gasteiger partial charge in [-0.3, -0.25) is 0 Å². The first-order chi connectivity index (χ1) is 5.50. The molecular weight excluding hydrogens is 138 g/mol. The van der Waals surface area contributed by atoms with Gasteiger partial charge in [-0.15, -0.1) is 0 Å². The zero-order chi connectivity index (χ0) is 7.78. The lowest BCUT2D eigenvalue weighted by Crippen LogP contribution is -2.28. The summed E-state index contributed by atoms with van der Waals surface area (Å²) in [4.78, 5) is 0. The van der Waals surface area contributed by atoms with E-state index in [2.05, 4.69) is 16.0 Å². The molecule has 0 aromatic heterocycles. The van der Waals surface area contributed by atoms with E-state index in [9.17, 15) is 0 Å². The number of rotatable bonds is 0. The maximum atomic E-state index is 3.40. The maximum absolute atomic E-state index is 3.40. The van der Waals surface area contributed by atoms with Gasteiger partial charge in [-0.05, 0) is 39.0 Å². The van der Waals surface area contributed by atoms with Crippen molar-refractivity contribution in [3.8, 4) is 0 Å². The Labute approximate surface area is 68.9 Å². The summed E-state index contributed by atoms with van der Waals surface area (Å²) in [6.07, 6.45) is 2.50. The number of hydrogen-bond acceptors (Lipinski definition) is 3. The molecule has 11 heavy (non-hydrogen) atoms. The molecular formula is C8H19N3. The lowest BCUT2D eigenvalue weighted by Gasteiger charge is -2.02. The van der Waals surface area contributed by atoms with Crippen molar-refractivity contribution < 1.29 is 0 Å². The van der Waals surface area contributed by atoms with Crippen molar-refractivity contribution in [2.24, 2.45) is 0 Å². The smallest absolute Gasteiger partial charge is 0.00767 e. The highest BCUT2D eigenvalue weighted by Gasteiger charge is 1.92. The Bertz CT molecular complexity index is 47.4. The first-order valence-corrected chi connectivity index (χ1v) is 4.62. The van der Waals surface area contributed by atoms with Crippen LogP contribution in [0.2, 0.25) is 0 Å². The van der Waals surface area contributed by atoms with Crippen LogP contribution in [-0.4, -0.2) is 39.3 Å². The molecule has 3 heteroatoms. The van der Waals surface area contributed by atoms with E-state index in [1.165, 1.54) is 12.8 Å². The summed E-state index contributed by atoms with van der Waals surface area (Å²) in [5, 5.41) is 10.2. The molecule has 3 nitrogen and oxygen atoms in total. The average molecular weight is 157 g/mol. The van der Waals surface area contributed by atoms with Crippen LogP contribution in [0.3, 0.4) is 0 Å². The van der Waals surface area contributed by atoms with Crippen molar-refractivity contribution in [1.82, 2.24) is 16.0 Å². The van der Waals surface area contributed by atoms with E-state index in [1.54, 1.807) is 0 Å². The molecule has 0 atom stereocenters. The zero-order valence-corrected chi connectivity index (χ0v) is 7.16. The molecule has 1 saturated heterocycles. The second kappa shape index (κ2) is 6.58. The van der Waals surface area contributed by atoms with Crippen LogP contribution in [0.4, 0.5) is 0 Å². The molecule has 1 rings (SSSR count). The van der Waals surface area contributed by atoms with Gasteiger partial charge in [0.15, 0.2) is 0 Å². The minimum Gasteiger partial charge on any atom is -0.317 e. The lowest BCUT2D eigenvalue weighted by atomic mass is 10.4. The minimum absolute atomic E-state index is 1.11. The van der Waals surface area contributed by atoms with E-state index in [0.717, 1.165) is 39.3 Å². The van der Waals surface area contributed by atoms with Crippen molar-refractivity contribution >= 4 is 0 Å². The summed E-state index contributed by atoms with van der Waals surface area (Å²) in [5.41, 5.74) is 0. The van der Waals surface area contributed by atoms with E-state index in [1.807, 2.05) is 0 Å². The van der Waals surface area contributed by atoms with Crippen molar-refractivity contribution in [1.29, 1.82) is 0 Å². The van der Waals surface area contributed by atoms with Crippen LogP contribution in [0, 0.1) is 0 Å². The third-order valence-electron chi connectivity index (χ3n) is 1.89. The van der Waals surface area contributed by atoms with Gasteiger partial charge in [0.2, 0.25) is 0 Å². The van der Waals surface area contributed by atoms with Crippen LogP contribution in [0.1, 0.15) is 12.8 Å². The molecule has 1 aliphatic rings. The first kappa shape index (κ1) is 8.97. The van der Waals surface area contributed by atoms with Crippen molar-refractivity contribution in [3.63, 3.8) is 0 Å². The summed E-state index contributed by atoms with van der Waals surface area (Å²) < 4.78 is 0. The molecule has 1 aliphatic heterocycles. The lowest BCUT2D eigenvalue weighted by molar-refractivity contribution is 0.608. The molecule has 0 aliphatic carbocycles. The van der Waals surface area contributed by atoms with Crippen LogP contribution in [-0.2, 0) is 0 Å². The standard InChI is InChI=1S/C8H19N3/c1-3-9-4-2-6-11-8-7-10-5-1/h9-11H,1-8H2. The molecule has 3 N–H and O–H groups in total. The number of nitrogens with one attached hydrogen (secondary N) is 3. The Kier molecular flexibility index (Phi) is 5.37. The summed E-state index contributed by atoms with van der Waals surface area (Å²) in [5.74, 6) is 0. The van der Waals surface area contributed by atoms with E-state index < -0.39 is 0 Å². The van der Waals surface area contributed by atoms with Gasteiger partial charge in [0.25, 0.3) is 0 Å². The fourth-order valence-corrected chi connectivity index (χ4v) is 1.23. The molecule has 0 spiro atoms. The fraction of sp³-hybridized carbons (Fsp3) is 1.00. The molecule has 0 amide bonds. The van der Waals surface area contributed by atoms with E-state index in [4.69, 9.17) is 0 Å². The molecule has 0 unspecified atom stereocenters. The van der Waals surface area contributed by atoms with Crippen LogP contribution in [0.5, 0.6) is 0 Å². The molecule has 66 valence electrons. The quantitative estimate of drug-likeness (QED) is 0.446. The molecule has 0 aromatic carbocycles. The maximum Gasteiger partial charge on any atom is 0.00767 e. The van der Waals surface area contributed by atoms with E-state index >= 15 is 0 Å². The topological polar surface area (TPSA) is 36.1 Å². The van der Waals surface area contributed by atoms with E-state index in [0.29, 0.717) is 0 Å². The zero-order valence-electron chi connectivity index (χ0n) is 7.16. The first-order valence-electron chi connectivity index (χ1n) is 4.62. The predicted molar refractivity (Wildman–Crippen MR) is 47.8 cm³/mol. The Morgan fingerprint density at radius 3 is 1.27 bits per heavy atom. The largest absolute Gasteiger partial charge is 0.317 e. The molecule has 0 bridgehead atoms. The van der Waals surface area contributed by atoms with E-state index in [-0.39, 0.29) is 0 Å². The van der Waals surface area contributed by atoms with Gasteiger partial charge in [-0.25, -0.2) is 0 Å². The van der Waals surface area contributed by atoms with Gasteiger partial charge in [-0.2, -0.15) is 0 Å². The highest BCUT2D eigenvalue weighted by atomic mass is 15.0. The highest BCUT2D eigenvalue weighted by molar-refractivity contribution is 4.58. The van der Waals surface area contributed by atoms with Gasteiger partial charge in [0, 0.05) is 13.1 Å². The number of hydrogen-bond donors (Lipinski definition) is 3. The Hall–Kier alpha value is -0.120. The monoisotopic (exact) mass is 157 g/mol. The van der Waals surface area contributed by atoms with Crippen molar-refractivity contribution in [2.45, 2.75) is 12.8 Å². The van der Waals surface area contributed by atoms with Crippen LogP contribution < -0.4 is 16.0 Å². The van der Waals surface area contributed by atoms with Gasteiger partial charge in [-0.1, -0.05) is 0 Å². The molecule has 0 aromatic rings. The third-order valence-corrected chi connectivity index (χ3v) is 1.89. The molecule has 1 fully saturated rings. The van der Waals surface area contributed by atoms with Crippen molar-refractivity contribution in [3.05, 3.63) is 0 Å². The predicted octanol–water partition coefficient (Wildman–Crippen LogP) is -0.451. The SMILES string of the molecule is C1CNCCCNCCNC1. The van der Waals surface area contributed by atoms with Crippen LogP contribution in [0.15, 0.2) is 0 Å². The van der Waals surface area contributed by atoms with Gasteiger partial charge >= 0.3 is 0 Å². The van der Waals surface area contributed by atoms with Gasteiger partial charge in [0.05, 0.1) is 0 Å². The minimum atomic E-state index is 1.11. The second-order valence-electron chi connectivity index (χ2n) is 2.96. The molecule has 0 saturated carbocycles. The van der Waals surface area contributed by atoms with Gasteiger partial charge in [0.1, 0.15) is 0 Å². The summed E-state index contributed by atoms with van der Waals surface area (Å²) >= 11 is 0. The normalized spacial score (nSPS) is 24.0. The summed E-state index contributed by atoms with van der Waals surface area (Å²) in [6.45, 7) is 6.84. The highest BCUT2D eigenvalue weighted by Crippen LogP contribution is 1.78. The summed E-state index contributed by atoms with van der Waals surface area (Å²) in [7, 11) is 0. The Morgan fingerprint density at radius 2 is 0.818 bits per heavy atom. The third kappa shape index (κ3) is 5.18. The fourth-order valence-electron chi connectivity index (χ4n) is 1.23. The summed E-state index contributed by atoms with van der Waals surface area (Å²) in [6, 6.07) is 0. The van der Waals surface area contributed by atoms with Crippen LogP contribution >= 0.6 is 0 Å². The second-order valence-corrected chi connectivity index (χ2v) is 2.96. The average Bonchev–Trinajstić information content (AvgIpc) is 2.08. The molecule has 0 radical (unpaired) electrons. The Balaban J connectivity index is 2.02. The van der Waals surface area contributed by atoms with Crippen molar-refractivity contribution in [2.75, 3.05) is 39.3 Å². The Morgan fingerprint density at radius 1 is 0.455 bits per heavy atom. The van der Waals surface area contributed by atoms with Gasteiger partial charge < -0.3 is 16.0 Å². The molecule has 1 heterocycles.